The standard InChI is InChI=1S/C14H17FN2S/c1-10(2)13-9-16-14(18)17(13)8-7-11-3-5-12(15)6-4-11/h3-6,9-10H,7-8H2,1-2H3,(H,16,18). The molecule has 0 unspecified atom stereocenters. The minimum Gasteiger partial charge on any atom is -0.337 e. The van der Waals surface area contributed by atoms with Gasteiger partial charge in [-0.25, -0.2) is 4.39 Å². The van der Waals surface area contributed by atoms with E-state index in [2.05, 4.69) is 23.4 Å². The molecular weight excluding hydrogens is 247 g/mol. The predicted molar refractivity (Wildman–Crippen MR) is 73.8 cm³/mol. The van der Waals surface area contributed by atoms with E-state index in [-0.39, 0.29) is 5.82 Å². The van der Waals surface area contributed by atoms with Crippen molar-refractivity contribution in [1.29, 1.82) is 0 Å². The third kappa shape index (κ3) is 2.88. The van der Waals surface area contributed by atoms with Gasteiger partial charge in [0.05, 0.1) is 0 Å². The van der Waals surface area contributed by atoms with Crippen LogP contribution in [0.4, 0.5) is 4.39 Å². The molecule has 1 N–H and O–H groups in total. The number of imidazole rings is 1. The summed E-state index contributed by atoms with van der Waals surface area (Å²) in [5.74, 6) is 0.242. The molecular formula is C14H17FN2S. The average Bonchev–Trinajstić information content (AvgIpc) is 2.70. The smallest absolute Gasteiger partial charge is 0.177 e. The van der Waals surface area contributed by atoms with E-state index in [4.69, 9.17) is 12.2 Å². The Balaban J connectivity index is 2.13. The molecule has 0 saturated carbocycles. The molecule has 2 rings (SSSR count). The van der Waals surface area contributed by atoms with Gasteiger partial charge in [0.2, 0.25) is 0 Å². The lowest BCUT2D eigenvalue weighted by molar-refractivity contribution is 0.617. The molecule has 0 aliphatic heterocycles. The fourth-order valence-corrected chi connectivity index (χ4v) is 2.27. The van der Waals surface area contributed by atoms with Crippen LogP contribution in [0.5, 0.6) is 0 Å². The molecule has 0 radical (unpaired) electrons. The van der Waals surface area contributed by atoms with Crippen molar-refractivity contribution in [2.45, 2.75) is 32.7 Å². The summed E-state index contributed by atoms with van der Waals surface area (Å²) < 4.78 is 15.7. The van der Waals surface area contributed by atoms with E-state index >= 15 is 0 Å². The van der Waals surface area contributed by atoms with Crippen LogP contribution in [0.15, 0.2) is 30.5 Å². The number of halogens is 1. The molecule has 0 aliphatic carbocycles. The van der Waals surface area contributed by atoms with Gasteiger partial charge in [-0.05, 0) is 42.3 Å². The SMILES string of the molecule is CC(C)c1c[nH]c(=S)n1CCc1ccc(F)cc1. The van der Waals surface area contributed by atoms with Crippen LogP contribution in [0.25, 0.3) is 0 Å². The lowest BCUT2D eigenvalue weighted by Crippen LogP contribution is -2.07. The number of H-pyrrole nitrogens is 1. The molecule has 4 heteroatoms. The maximum Gasteiger partial charge on any atom is 0.177 e. The third-order valence-corrected chi connectivity index (χ3v) is 3.37. The summed E-state index contributed by atoms with van der Waals surface area (Å²) in [5, 5.41) is 0. The average molecular weight is 264 g/mol. The maximum absolute atomic E-state index is 12.8. The van der Waals surface area contributed by atoms with Crippen LogP contribution >= 0.6 is 12.2 Å². The molecule has 96 valence electrons. The van der Waals surface area contributed by atoms with Gasteiger partial charge in [0.15, 0.2) is 4.77 Å². The summed E-state index contributed by atoms with van der Waals surface area (Å²) in [7, 11) is 0. The second-order valence-electron chi connectivity index (χ2n) is 4.70. The van der Waals surface area contributed by atoms with E-state index in [0.29, 0.717) is 5.92 Å². The van der Waals surface area contributed by atoms with Crippen LogP contribution in [0, 0.1) is 10.6 Å². The van der Waals surface area contributed by atoms with Crippen molar-refractivity contribution < 1.29 is 4.39 Å². The summed E-state index contributed by atoms with van der Waals surface area (Å²) in [5.41, 5.74) is 2.33. The van der Waals surface area contributed by atoms with Crippen LogP contribution in [-0.4, -0.2) is 9.55 Å². The molecule has 1 aromatic carbocycles. The molecule has 0 atom stereocenters. The van der Waals surface area contributed by atoms with E-state index in [1.165, 1.54) is 17.8 Å². The predicted octanol–water partition coefficient (Wildman–Crippen LogP) is 4.05. The highest BCUT2D eigenvalue weighted by Crippen LogP contribution is 2.15. The highest BCUT2D eigenvalue weighted by atomic mass is 32.1. The quantitative estimate of drug-likeness (QED) is 0.826. The van der Waals surface area contributed by atoms with E-state index in [0.717, 1.165) is 23.3 Å². The number of hydrogen-bond acceptors (Lipinski definition) is 1. The monoisotopic (exact) mass is 264 g/mol. The number of hydrogen-bond donors (Lipinski definition) is 1. The number of aryl methyl sites for hydroxylation is 1. The van der Waals surface area contributed by atoms with Gasteiger partial charge in [0, 0.05) is 18.4 Å². The van der Waals surface area contributed by atoms with Crippen molar-refractivity contribution >= 4 is 12.2 Å². The van der Waals surface area contributed by atoms with Crippen LogP contribution in [0.3, 0.4) is 0 Å². The number of benzene rings is 1. The molecule has 0 amide bonds. The van der Waals surface area contributed by atoms with Crippen molar-refractivity contribution in [2.75, 3.05) is 0 Å². The Kier molecular flexibility index (Phi) is 3.97. The Morgan fingerprint density at radius 1 is 1.28 bits per heavy atom. The minimum atomic E-state index is -0.195. The number of aromatic nitrogens is 2. The molecule has 0 spiro atoms. The number of nitrogens with one attached hydrogen (secondary N) is 1. The van der Waals surface area contributed by atoms with Crippen molar-refractivity contribution in [3.05, 3.63) is 52.3 Å². The van der Waals surface area contributed by atoms with Crippen molar-refractivity contribution in [3.63, 3.8) is 0 Å². The van der Waals surface area contributed by atoms with Crippen molar-refractivity contribution in [2.24, 2.45) is 0 Å². The Hall–Kier alpha value is -1.42. The Labute approximate surface area is 111 Å². The zero-order chi connectivity index (χ0) is 13.1. The summed E-state index contributed by atoms with van der Waals surface area (Å²) in [6.07, 6.45) is 2.82. The van der Waals surface area contributed by atoms with E-state index in [1.54, 1.807) is 0 Å². The number of rotatable bonds is 4. The van der Waals surface area contributed by atoms with Crippen LogP contribution in [-0.2, 0) is 13.0 Å². The van der Waals surface area contributed by atoms with Gasteiger partial charge in [0.25, 0.3) is 0 Å². The van der Waals surface area contributed by atoms with Crippen molar-refractivity contribution in [3.8, 4) is 0 Å². The molecule has 2 aromatic rings. The van der Waals surface area contributed by atoms with Crippen molar-refractivity contribution in [1.82, 2.24) is 9.55 Å². The maximum atomic E-state index is 12.8. The first-order valence-electron chi connectivity index (χ1n) is 6.10. The Morgan fingerprint density at radius 2 is 1.94 bits per heavy atom. The third-order valence-electron chi connectivity index (χ3n) is 3.03. The molecule has 0 bridgehead atoms. The summed E-state index contributed by atoms with van der Waals surface area (Å²) in [6, 6.07) is 6.63. The van der Waals surface area contributed by atoms with Gasteiger partial charge in [-0.15, -0.1) is 0 Å². The van der Waals surface area contributed by atoms with Gasteiger partial charge in [-0.2, -0.15) is 0 Å². The minimum absolute atomic E-state index is 0.195. The molecule has 0 aliphatic rings. The lowest BCUT2D eigenvalue weighted by atomic mass is 10.1. The normalized spacial score (nSPS) is 11.1. The molecule has 0 saturated heterocycles. The molecule has 2 nitrogen and oxygen atoms in total. The Bertz CT molecular complexity index is 566. The van der Waals surface area contributed by atoms with Gasteiger partial charge < -0.3 is 9.55 Å². The fraction of sp³-hybridized carbons (Fsp3) is 0.357. The van der Waals surface area contributed by atoms with E-state index in [1.807, 2.05) is 18.3 Å². The molecule has 1 aromatic heterocycles. The number of nitrogens with zero attached hydrogens (tertiary/aromatic N) is 1. The lowest BCUT2D eigenvalue weighted by Gasteiger charge is -2.10. The van der Waals surface area contributed by atoms with Crippen LogP contribution in [0.1, 0.15) is 31.0 Å². The highest BCUT2D eigenvalue weighted by Gasteiger charge is 2.07. The summed E-state index contributed by atoms with van der Waals surface area (Å²) in [6.45, 7) is 5.11. The molecule has 0 fully saturated rings. The van der Waals surface area contributed by atoms with Gasteiger partial charge in [-0.1, -0.05) is 26.0 Å². The first-order valence-corrected chi connectivity index (χ1v) is 6.51. The Morgan fingerprint density at radius 3 is 2.56 bits per heavy atom. The molecule has 1 heterocycles. The second kappa shape index (κ2) is 5.48. The van der Waals surface area contributed by atoms with E-state index < -0.39 is 0 Å². The summed E-state index contributed by atoms with van der Waals surface area (Å²) in [4.78, 5) is 3.08. The topological polar surface area (TPSA) is 20.7 Å². The van der Waals surface area contributed by atoms with E-state index in [9.17, 15) is 4.39 Å². The fourth-order valence-electron chi connectivity index (χ4n) is 2.01. The first kappa shape index (κ1) is 13.0. The highest BCUT2D eigenvalue weighted by molar-refractivity contribution is 7.71. The largest absolute Gasteiger partial charge is 0.337 e. The second-order valence-corrected chi connectivity index (χ2v) is 5.09. The van der Waals surface area contributed by atoms with Gasteiger partial charge >= 0.3 is 0 Å². The first-order chi connectivity index (χ1) is 8.58. The summed E-state index contributed by atoms with van der Waals surface area (Å²) >= 11 is 5.28. The van der Waals surface area contributed by atoms with Gasteiger partial charge in [-0.3, -0.25) is 0 Å². The zero-order valence-corrected chi connectivity index (χ0v) is 11.4. The van der Waals surface area contributed by atoms with Crippen LogP contribution < -0.4 is 0 Å². The molecule has 18 heavy (non-hydrogen) atoms. The van der Waals surface area contributed by atoms with Gasteiger partial charge in [0.1, 0.15) is 5.82 Å². The zero-order valence-electron chi connectivity index (χ0n) is 10.6. The van der Waals surface area contributed by atoms with Crippen LogP contribution in [0.2, 0.25) is 0 Å². The number of aromatic amines is 1.